The second-order valence-corrected chi connectivity index (χ2v) is 5.18. The predicted molar refractivity (Wildman–Crippen MR) is 82.5 cm³/mol. The van der Waals surface area contributed by atoms with E-state index in [1.165, 1.54) is 9.13 Å². The van der Waals surface area contributed by atoms with Gasteiger partial charge >= 0.3 is 5.69 Å². The number of carbonyl (C=O) groups is 1. The summed E-state index contributed by atoms with van der Waals surface area (Å²) in [5.41, 5.74) is 1.22. The van der Waals surface area contributed by atoms with Crippen LogP contribution < -0.4 is 11.0 Å². The van der Waals surface area contributed by atoms with Gasteiger partial charge in [-0.1, -0.05) is 0 Å². The van der Waals surface area contributed by atoms with Crippen LogP contribution in [0.4, 0.5) is 14.5 Å². The number of hydrogen-bond acceptors (Lipinski definition) is 2. The summed E-state index contributed by atoms with van der Waals surface area (Å²) < 4.78 is 29.4. The van der Waals surface area contributed by atoms with Crippen LogP contribution in [0, 0.1) is 11.6 Å². The molecular formula is C16H13F2N3O2. The molecule has 1 heterocycles. The Morgan fingerprint density at radius 2 is 1.70 bits per heavy atom. The minimum atomic E-state index is -0.855. The van der Waals surface area contributed by atoms with E-state index in [4.69, 9.17) is 0 Å². The van der Waals surface area contributed by atoms with Crippen molar-refractivity contribution in [2.75, 3.05) is 5.32 Å². The number of halogens is 2. The van der Waals surface area contributed by atoms with E-state index in [9.17, 15) is 18.4 Å². The zero-order valence-electron chi connectivity index (χ0n) is 12.4. The normalized spacial score (nSPS) is 11.0. The summed E-state index contributed by atoms with van der Waals surface area (Å²) in [5, 5.41) is 2.38. The van der Waals surface area contributed by atoms with Gasteiger partial charge in [0.2, 0.25) is 0 Å². The average Bonchev–Trinajstić information content (AvgIpc) is 2.74. The summed E-state index contributed by atoms with van der Waals surface area (Å²) in [5.74, 6) is -2.12. The number of fused-ring (bicyclic) bond motifs is 1. The topological polar surface area (TPSA) is 56.0 Å². The Hall–Kier alpha value is -2.96. The van der Waals surface area contributed by atoms with Crippen molar-refractivity contribution < 1.29 is 13.6 Å². The lowest BCUT2D eigenvalue weighted by Gasteiger charge is -2.07. The van der Waals surface area contributed by atoms with Crippen molar-refractivity contribution in [1.29, 1.82) is 0 Å². The van der Waals surface area contributed by atoms with E-state index in [1.807, 2.05) is 0 Å². The lowest BCUT2D eigenvalue weighted by Crippen LogP contribution is -2.19. The van der Waals surface area contributed by atoms with E-state index in [0.717, 1.165) is 12.1 Å². The van der Waals surface area contributed by atoms with E-state index in [-0.39, 0.29) is 16.9 Å². The molecule has 3 rings (SSSR count). The minimum absolute atomic E-state index is 0.113. The van der Waals surface area contributed by atoms with Crippen molar-refractivity contribution >= 4 is 22.6 Å². The van der Waals surface area contributed by atoms with E-state index in [0.29, 0.717) is 17.1 Å². The number of nitrogens with one attached hydrogen (secondary N) is 1. The molecule has 23 heavy (non-hydrogen) atoms. The van der Waals surface area contributed by atoms with Crippen LogP contribution in [0.1, 0.15) is 10.4 Å². The number of aryl methyl sites for hydroxylation is 2. The highest BCUT2D eigenvalue weighted by atomic mass is 19.1. The highest BCUT2D eigenvalue weighted by molar-refractivity contribution is 6.06. The first-order valence-corrected chi connectivity index (χ1v) is 6.80. The SMILES string of the molecule is Cn1c(=O)n(C)c2cc(C(=O)Nc3ccc(F)cc3F)ccc21. The molecule has 5 nitrogen and oxygen atoms in total. The van der Waals surface area contributed by atoms with Gasteiger partial charge in [-0.05, 0) is 30.3 Å². The zero-order chi connectivity index (χ0) is 16.7. The molecule has 1 amide bonds. The molecule has 1 N–H and O–H groups in total. The number of nitrogens with zero attached hydrogens (tertiary/aromatic N) is 2. The van der Waals surface area contributed by atoms with Gasteiger partial charge in [-0.15, -0.1) is 0 Å². The summed E-state index contributed by atoms with van der Waals surface area (Å²) in [6, 6.07) is 7.64. The van der Waals surface area contributed by atoms with E-state index in [1.54, 1.807) is 32.3 Å². The number of rotatable bonds is 2. The van der Waals surface area contributed by atoms with Gasteiger partial charge in [0.25, 0.3) is 5.91 Å². The van der Waals surface area contributed by atoms with E-state index >= 15 is 0 Å². The lowest BCUT2D eigenvalue weighted by atomic mass is 10.1. The minimum Gasteiger partial charge on any atom is -0.319 e. The van der Waals surface area contributed by atoms with Crippen molar-refractivity contribution in [3.05, 3.63) is 64.1 Å². The van der Waals surface area contributed by atoms with Gasteiger partial charge in [-0.2, -0.15) is 0 Å². The van der Waals surface area contributed by atoms with Crippen LogP contribution in [-0.2, 0) is 14.1 Å². The maximum Gasteiger partial charge on any atom is 0.328 e. The maximum absolute atomic E-state index is 13.6. The summed E-state index contributed by atoms with van der Waals surface area (Å²) >= 11 is 0. The van der Waals surface area contributed by atoms with Crippen LogP contribution in [0.25, 0.3) is 11.0 Å². The molecule has 0 bridgehead atoms. The Labute approximate surface area is 129 Å². The molecule has 3 aromatic rings. The quantitative estimate of drug-likeness (QED) is 0.789. The number of anilines is 1. The number of imidazole rings is 1. The van der Waals surface area contributed by atoms with Crippen LogP contribution in [0.3, 0.4) is 0 Å². The second kappa shape index (κ2) is 5.35. The van der Waals surface area contributed by atoms with Gasteiger partial charge in [-0.25, -0.2) is 13.6 Å². The fourth-order valence-corrected chi connectivity index (χ4v) is 2.43. The molecule has 2 aromatic carbocycles. The van der Waals surface area contributed by atoms with Crippen molar-refractivity contribution in [2.24, 2.45) is 14.1 Å². The monoisotopic (exact) mass is 317 g/mol. The molecule has 0 saturated carbocycles. The first-order valence-electron chi connectivity index (χ1n) is 6.80. The molecular weight excluding hydrogens is 304 g/mol. The van der Waals surface area contributed by atoms with Gasteiger partial charge < -0.3 is 5.32 Å². The van der Waals surface area contributed by atoms with Gasteiger partial charge in [-0.3, -0.25) is 13.9 Å². The number of aromatic nitrogens is 2. The highest BCUT2D eigenvalue weighted by Gasteiger charge is 2.13. The van der Waals surface area contributed by atoms with E-state index < -0.39 is 17.5 Å². The summed E-state index contributed by atoms with van der Waals surface area (Å²) in [6.07, 6.45) is 0. The average molecular weight is 317 g/mol. The number of benzene rings is 2. The van der Waals surface area contributed by atoms with Crippen molar-refractivity contribution in [3.8, 4) is 0 Å². The molecule has 0 atom stereocenters. The molecule has 0 fully saturated rings. The van der Waals surface area contributed by atoms with Crippen molar-refractivity contribution in [3.63, 3.8) is 0 Å². The smallest absolute Gasteiger partial charge is 0.319 e. The Morgan fingerprint density at radius 3 is 2.39 bits per heavy atom. The Balaban J connectivity index is 1.98. The third-order valence-corrected chi connectivity index (χ3v) is 3.71. The van der Waals surface area contributed by atoms with Crippen molar-refractivity contribution in [2.45, 2.75) is 0 Å². The van der Waals surface area contributed by atoms with Gasteiger partial charge in [0, 0.05) is 25.7 Å². The molecule has 0 aliphatic carbocycles. The van der Waals surface area contributed by atoms with Crippen LogP contribution in [0.2, 0.25) is 0 Å². The largest absolute Gasteiger partial charge is 0.328 e. The second-order valence-electron chi connectivity index (χ2n) is 5.18. The van der Waals surface area contributed by atoms with Gasteiger partial charge in [0.05, 0.1) is 16.7 Å². The van der Waals surface area contributed by atoms with Gasteiger partial charge in [0.1, 0.15) is 11.6 Å². The van der Waals surface area contributed by atoms with Crippen LogP contribution in [0.5, 0.6) is 0 Å². The molecule has 0 unspecified atom stereocenters. The molecule has 1 aromatic heterocycles. The molecule has 0 radical (unpaired) electrons. The van der Waals surface area contributed by atoms with Crippen LogP contribution in [0.15, 0.2) is 41.2 Å². The molecule has 0 aliphatic rings. The van der Waals surface area contributed by atoms with Crippen LogP contribution in [-0.4, -0.2) is 15.0 Å². The first kappa shape index (κ1) is 15.0. The predicted octanol–water partition coefficient (Wildman–Crippen LogP) is 2.41. The highest BCUT2D eigenvalue weighted by Crippen LogP contribution is 2.18. The molecule has 0 aliphatic heterocycles. The Morgan fingerprint density at radius 1 is 1.00 bits per heavy atom. The Kier molecular flexibility index (Phi) is 3.48. The number of carbonyl (C=O) groups excluding carboxylic acids is 1. The molecule has 0 spiro atoms. The maximum atomic E-state index is 13.6. The summed E-state index contributed by atoms with van der Waals surface area (Å²) in [7, 11) is 3.24. The standard InChI is InChI=1S/C16H13F2N3O2/c1-20-13-6-3-9(7-14(13)21(2)16(20)23)15(22)19-12-5-4-10(17)8-11(12)18/h3-8H,1-2H3,(H,19,22). The van der Waals surface area contributed by atoms with Gasteiger partial charge in [0.15, 0.2) is 0 Å². The third-order valence-electron chi connectivity index (χ3n) is 3.71. The summed E-state index contributed by atoms with van der Waals surface area (Å²) in [4.78, 5) is 24.1. The number of hydrogen-bond donors (Lipinski definition) is 1. The fourth-order valence-electron chi connectivity index (χ4n) is 2.43. The third kappa shape index (κ3) is 2.50. The lowest BCUT2D eigenvalue weighted by molar-refractivity contribution is 0.102. The molecule has 0 saturated heterocycles. The van der Waals surface area contributed by atoms with Crippen molar-refractivity contribution in [1.82, 2.24) is 9.13 Å². The Bertz CT molecular complexity index is 989. The van der Waals surface area contributed by atoms with E-state index in [2.05, 4.69) is 5.32 Å². The summed E-state index contributed by atoms with van der Waals surface area (Å²) in [6.45, 7) is 0. The van der Waals surface area contributed by atoms with Crippen LogP contribution >= 0.6 is 0 Å². The molecule has 7 heteroatoms. The number of amides is 1. The molecule has 118 valence electrons. The fraction of sp³-hybridized carbons (Fsp3) is 0.125. The zero-order valence-corrected chi connectivity index (χ0v) is 12.4. The first-order chi connectivity index (χ1) is 10.9.